The second kappa shape index (κ2) is 7.62. The van der Waals surface area contributed by atoms with Crippen LogP contribution >= 0.6 is 0 Å². The van der Waals surface area contributed by atoms with Gasteiger partial charge in [0.05, 0.1) is 0 Å². The molecule has 1 aromatic heterocycles. The quantitative estimate of drug-likeness (QED) is 0.334. The Bertz CT molecular complexity index is 657. The second-order valence-corrected chi connectivity index (χ2v) is 5.09. The highest BCUT2D eigenvalue weighted by Gasteiger charge is 2.06. The van der Waals surface area contributed by atoms with Gasteiger partial charge in [-0.05, 0) is 24.6 Å². The maximum atomic E-state index is 11.7. The lowest BCUT2D eigenvalue weighted by atomic mass is 10.1. The van der Waals surface area contributed by atoms with Crippen molar-refractivity contribution in [3.05, 3.63) is 40.8 Å². The van der Waals surface area contributed by atoms with E-state index in [1.54, 1.807) is 24.3 Å². The Kier molecular flexibility index (Phi) is 5.55. The first-order valence-electron chi connectivity index (χ1n) is 7.43. The number of hydrogen-bond donors (Lipinski definition) is 0. The normalized spacial score (nSPS) is 10.7. The maximum absolute atomic E-state index is 11.7. The maximum Gasteiger partial charge on any atom is 0.336 e. The molecule has 0 saturated carbocycles. The van der Waals surface area contributed by atoms with Gasteiger partial charge in [0, 0.05) is 23.9 Å². The fourth-order valence-corrected chi connectivity index (χ4v) is 2.16. The molecule has 0 aliphatic rings. The molecule has 0 amide bonds. The van der Waals surface area contributed by atoms with Crippen LogP contribution in [0.15, 0.2) is 39.5 Å². The lowest BCUT2D eigenvalue weighted by Gasteiger charge is -2.05. The van der Waals surface area contributed by atoms with E-state index in [0.29, 0.717) is 17.8 Å². The van der Waals surface area contributed by atoms with Gasteiger partial charge >= 0.3 is 11.6 Å². The van der Waals surface area contributed by atoms with Crippen LogP contribution in [0.1, 0.15) is 45.4 Å². The van der Waals surface area contributed by atoms with E-state index in [0.717, 1.165) is 24.6 Å². The number of carbonyl (C=O) groups is 1. The third kappa shape index (κ3) is 4.74. The van der Waals surface area contributed by atoms with Crippen molar-refractivity contribution in [3.8, 4) is 5.75 Å². The molecule has 112 valence electrons. The van der Waals surface area contributed by atoms with Crippen LogP contribution < -0.4 is 10.4 Å². The van der Waals surface area contributed by atoms with Crippen molar-refractivity contribution in [1.29, 1.82) is 0 Å². The molecule has 21 heavy (non-hydrogen) atoms. The lowest BCUT2D eigenvalue weighted by molar-refractivity contribution is -0.134. The average molecular weight is 288 g/mol. The minimum absolute atomic E-state index is 0.246. The third-order valence-corrected chi connectivity index (χ3v) is 3.31. The standard InChI is InChI=1S/C17H20O4/c1-2-3-4-5-6-7-16(18)20-14-10-8-13-9-11-17(19)21-15(13)12-14/h8-12H,2-7H2,1H3. The number of rotatable bonds is 7. The number of hydrogen-bond acceptors (Lipinski definition) is 4. The first-order chi connectivity index (χ1) is 10.2. The van der Waals surface area contributed by atoms with Gasteiger partial charge < -0.3 is 9.15 Å². The molecule has 4 heteroatoms. The van der Waals surface area contributed by atoms with Crippen LogP contribution in [0.4, 0.5) is 0 Å². The molecule has 1 heterocycles. The summed E-state index contributed by atoms with van der Waals surface area (Å²) < 4.78 is 10.3. The molecule has 0 atom stereocenters. The van der Waals surface area contributed by atoms with Crippen molar-refractivity contribution in [2.45, 2.75) is 45.4 Å². The molecule has 4 nitrogen and oxygen atoms in total. The molecule has 0 radical (unpaired) electrons. The van der Waals surface area contributed by atoms with Crippen LogP contribution in [-0.4, -0.2) is 5.97 Å². The molecule has 0 bridgehead atoms. The van der Waals surface area contributed by atoms with E-state index in [2.05, 4.69) is 6.92 Å². The molecule has 0 N–H and O–H groups in total. The molecule has 0 unspecified atom stereocenters. The summed E-state index contributed by atoms with van der Waals surface area (Å²) in [6.07, 6.45) is 5.87. The molecular formula is C17H20O4. The Balaban J connectivity index is 1.90. The first kappa shape index (κ1) is 15.3. The van der Waals surface area contributed by atoms with Gasteiger partial charge in [0.1, 0.15) is 11.3 Å². The number of unbranched alkanes of at least 4 members (excludes halogenated alkanes) is 4. The molecular weight excluding hydrogens is 268 g/mol. The number of esters is 1. The monoisotopic (exact) mass is 288 g/mol. The fourth-order valence-electron chi connectivity index (χ4n) is 2.16. The van der Waals surface area contributed by atoms with E-state index in [-0.39, 0.29) is 5.97 Å². The summed E-state index contributed by atoms with van der Waals surface area (Å²) in [6, 6.07) is 8.09. The highest BCUT2D eigenvalue weighted by atomic mass is 16.5. The van der Waals surface area contributed by atoms with E-state index in [1.807, 2.05) is 0 Å². The molecule has 0 aliphatic heterocycles. The summed E-state index contributed by atoms with van der Waals surface area (Å²) in [5, 5.41) is 0.800. The second-order valence-electron chi connectivity index (χ2n) is 5.09. The Labute approximate surface area is 123 Å². The van der Waals surface area contributed by atoms with E-state index in [4.69, 9.17) is 9.15 Å². The van der Waals surface area contributed by atoms with Crippen molar-refractivity contribution in [3.63, 3.8) is 0 Å². The van der Waals surface area contributed by atoms with Crippen LogP contribution in [-0.2, 0) is 4.79 Å². The number of benzene rings is 1. The smallest absolute Gasteiger partial charge is 0.336 e. The molecule has 0 saturated heterocycles. The van der Waals surface area contributed by atoms with E-state index >= 15 is 0 Å². The molecule has 0 spiro atoms. The van der Waals surface area contributed by atoms with Crippen molar-refractivity contribution in [2.75, 3.05) is 0 Å². The van der Waals surface area contributed by atoms with Gasteiger partial charge in [-0.2, -0.15) is 0 Å². The summed E-state index contributed by atoms with van der Waals surface area (Å²) in [5.41, 5.74) is 0.0117. The van der Waals surface area contributed by atoms with Gasteiger partial charge in [-0.3, -0.25) is 4.79 Å². The number of carbonyl (C=O) groups excluding carboxylic acids is 1. The first-order valence-corrected chi connectivity index (χ1v) is 7.43. The van der Waals surface area contributed by atoms with Crippen LogP contribution in [0.3, 0.4) is 0 Å². The van der Waals surface area contributed by atoms with Crippen LogP contribution in [0, 0.1) is 0 Å². The minimum atomic E-state index is -0.415. The summed E-state index contributed by atoms with van der Waals surface area (Å²) in [5.74, 6) is 0.166. The van der Waals surface area contributed by atoms with Crippen molar-refractivity contribution in [2.24, 2.45) is 0 Å². The number of fused-ring (bicyclic) bond motifs is 1. The third-order valence-electron chi connectivity index (χ3n) is 3.31. The van der Waals surface area contributed by atoms with Gasteiger partial charge in [0.2, 0.25) is 0 Å². The van der Waals surface area contributed by atoms with Crippen molar-refractivity contribution >= 4 is 16.9 Å². The predicted molar refractivity (Wildman–Crippen MR) is 81.5 cm³/mol. The zero-order valence-electron chi connectivity index (χ0n) is 12.3. The van der Waals surface area contributed by atoms with Crippen LogP contribution in [0.5, 0.6) is 5.75 Å². The Morgan fingerprint density at radius 3 is 2.67 bits per heavy atom. The average Bonchev–Trinajstić information content (AvgIpc) is 2.46. The van der Waals surface area contributed by atoms with E-state index in [1.165, 1.54) is 18.9 Å². The zero-order valence-corrected chi connectivity index (χ0v) is 12.3. The van der Waals surface area contributed by atoms with Gasteiger partial charge in [0.25, 0.3) is 0 Å². The van der Waals surface area contributed by atoms with Crippen LogP contribution in [0.2, 0.25) is 0 Å². The highest BCUT2D eigenvalue weighted by molar-refractivity contribution is 5.79. The summed E-state index contributed by atoms with van der Waals surface area (Å²) in [6.45, 7) is 2.16. The summed E-state index contributed by atoms with van der Waals surface area (Å²) >= 11 is 0. The summed E-state index contributed by atoms with van der Waals surface area (Å²) in [7, 11) is 0. The zero-order chi connectivity index (χ0) is 15.1. The van der Waals surface area contributed by atoms with Crippen molar-refractivity contribution in [1.82, 2.24) is 0 Å². The number of ether oxygens (including phenoxy) is 1. The molecule has 0 fully saturated rings. The molecule has 0 aliphatic carbocycles. The van der Waals surface area contributed by atoms with Gasteiger partial charge in [0.15, 0.2) is 0 Å². The Morgan fingerprint density at radius 2 is 1.86 bits per heavy atom. The van der Waals surface area contributed by atoms with Gasteiger partial charge in [-0.25, -0.2) is 4.79 Å². The van der Waals surface area contributed by atoms with Gasteiger partial charge in [-0.15, -0.1) is 0 Å². The Morgan fingerprint density at radius 1 is 1.10 bits per heavy atom. The molecule has 2 aromatic rings. The van der Waals surface area contributed by atoms with Crippen molar-refractivity contribution < 1.29 is 13.9 Å². The predicted octanol–water partition coefficient (Wildman–Crippen LogP) is 4.06. The largest absolute Gasteiger partial charge is 0.426 e. The Hall–Kier alpha value is -2.10. The minimum Gasteiger partial charge on any atom is -0.426 e. The molecule has 1 aromatic carbocycles. The SMILES string of the molecule is CCCCCCCC(=O)Oc1ccc2ccc(=O)oc2c1. The van der Waals surface area contributed by atoms with E-state index in [9.17, 15) is 9.59 Å². The van der Waals surface area contributed by atoms with E-state index < -0.39 is 5.63 Å². The molecule has 2 rings (SSSR count). The van der Waals surface area contributed by atoms with Gasteiger partial charge in [-0.1, -0.05) is 32.6 Å². The highest BCUT2D eigenvalue weighted by Crippen LogP contribution is 2.20. The summed E-state index contributed by atoms with van der Waals surface area (Å²) in [4.78, 5) is 22.9. The fraction of sp³-hybridized carbons (Fsp3) is 0.412. The van der Waals surface area contributed by atoms with Crippen LogP contribution in [0.25, 0.3) is 11.0 Å². The topological polar surface area (TPSA) is 56.5 Å². The lowest BCUT2D eigenvalue weighted by Crippen LogP contribution is -2.07.